The maximum atomic E-state index is 6.06. The fraction of sp³-hybridized carbons (Fsp3) is 0.533. The molecule has 0 atom stereocenters. The highest BCUT2D eigenvalue weighted by atomic mass is 35.5. The van der Waals surface area contributed by atoms with Crippen LogP contribution < -0.4 is 0 Å². The second kappa shape index (κ2) is 4.68. The van der Waals surface area contributed by atoms with Gasteiger partial charge < -0.3 is 4.57 Å². The van der Waals surface area contributed by atoms with E-state index in [1.165, 1.54) is 12.8 Å². The van der Waals surface area contributed by atoms with Gasteiger partial charge in [0, 0.05) is 11.6 Å². The van der Waals surface area contributed by atoms with Gasteiger partial charge in [0.2, 0.25) is 0 Å². The molecule has 1 aromatic carbocycles. The van der Waals surface area contributed by atoms with Crippen LogP contribution in [0, 0.1) is 11.3 Å². The standard InChI is InChI=1S/C15H18Cl2N2/c1-10(2)15(5-6-15)9-19-13-4-3-11(17)7-12(13)18-14(19)8-16/h3-4,7,10H,5-6,8-9H2,1-2H3. The van der Waals surface area contributed by atoms with Gasteiger partial charge in [-0.25, -0.2) is 4.98 Å². The normalized spacial score (nSPS) is 17.3. The maximum Gasteiger partial charge on any atom is 0.124 e. The van der Waals surface area contributed by atoms with E-state index in [4.69, 9.17) is 23.2 Å². The molecule has 1 fully saturated rings. The van der Waals surface area contributed by atoms with Crippen molar-refractivity contribution in [1.82, 2.24) is 9.55 Å². The highest BCUT2D eigenvalue weighted by molar-refractivity contribution is 6.31. The molecule has 1 aromatic heterocycles. The van der Waals surface area contributed by atoms with Crippen LogP contribution in [0.2, 0.25) is 5.02 Å². The fourth-order valence-corrected chi connectivity index (χ4v) is 3.20. The fourth-order valence-electron chi connectivity index (χ4n) is 2.82. The van der Waals surface area contributed by atoms with Crippen molar-refractivity contribution in [2.45, 2.75) is 39.1 Å². The summed E-state index contributed by atoms with van der Waals surface area (Å²) in [6.45, 7) is 5.64. The average Bonchev–Trinajstić information content (AvgIpc) is 3.08. The Morgan fingerprint density at radius 2 is 2.11 bits per heavy atom. The van der Waals surface area contributed by atoms with Gasteiger partial charge in [-0.15, -0.1) is 11.6 Å². The summed E-state index contributed by atoms with van der Waals surface area (Å²) in [6, 6.07) is 5.89. The van der Waals surface area contributed by atoms with E-state index in [0.29, 0.717) is 17.2 Å². The highest BCUT2D eigenvalue weighted by Gasteiger charge is 2.45. The third-order valence-corrected chi connectivity index (χ3v) is 4.97. The summed E-state index contributed by atoms with van der Waals surface area (Å²) in [6.07, 6.45) is 2.61. The van der Waals surface area contributed by atoms with E-state index in [-0.39, 0.29) is 0 Å². The first kappa shape index (κ1) is 13.3. The molecule has 1 aliphatic carbocycles. The van der Waals surface area contributed by atoms with E-state index >= 15 is 0 Å². The molecule has 0 saturated heterocycles. The van der Waals surface area contributed by atoms with Crippen molar-refractivity contribution in [3.05, 3.63) is 29.0 Å². The van der Waals surface area contributed by atoms with Crippen LogP contribution in [0.4, 0.5) is 0 Å². The topological polar surface area (TPSA) is 17.8 Å². The maximum absolute atomic E-state index is 6.06. The minimum Gasteiger partial charge on any atom is -0.326 e. The molecule has 0 N–H and O–H groups in total. The number of hydrogen-bond donors (Lipinski definition) is 0. The Morgan fingerprint density at radius 3 is 2.68 bits per heavy atom. The van der Waals surface area contributed by atoms with Crippen LogP contribution in [0.15, 0.2) is 18.2 Å². The predicted octanol–water partition coefficient (Wildman–Crippen LogP) is 4.86. The first-order valence-corrected chi connectivity index (χ1v) is 7.68. The van der Waals surface area contributed by atoms with Gasteiger partial charge in [-0.05, 0) is 42.4 Å². The van der Waals surface area contributed by atoms with Gasteiger partial charge in [-0.2, -0.15) is 0 Å². The third kappa shape index (κ3) is 2.25. The molecule has 19 heavy (non-hydrogen) atoms. The van der Waals surface area contributed by atoms with Crippen LogP contribution in [-0.4, -0.2) is 9.55 Å². The minimum absolute atomic E-state index is 0.439. The van der Waals surface area contributed by atoms with E-state index in [0.717, 1.165) is 28.4 Å². The largest absolute Gasteiger partial charge is 0.326 e. The van der Waals surface area contributed by atoms with E-state index in [1.807, 2.05) is 12.1 Å². The van der Waals surface area contributed by atoms with Crippen LogP contribution in [-0.2, 0) is 12.4 Å². The lowest BCUT2D eigenvalue weighted by Gasteiger charge is -2.21. The molecule has 0 unspecified atom stereocenters. The van der Waals surface area contributed by atoms with Crippen molar-refractivity contribution in [2.24, 2.45) is 11.3 Å². The summed E-state index contributed by atoms with van der Waals surface area (Å²) in [5.74, 6) is 2.09. The molecule has 0 bridgehead atoms. The second-order valence-electron chi connectivity index (χ2n) is 5.90. The molecule has 1 aliphatic rings. The zero-order valence-corrected chi connectivity index (χ0v) is 12.8. The summed E-state index contributed by atoms with van der Waals surface area (Å²) >= 11 is 12.1. The van der Waals surface area contributed by atoms with E-state index in [9.17, 15) is 0 Å². The molecule has 2 aromatic rings. The third-order valence-electron chi connectivity index (χ3n) is 4.50. The molecule has 2 nitrogen and oxygen atoms in total. The Labute approximate surface area is 123 Å². The lowest BCUT2D eigenvalue weighted by atomic mass is 9.92. The van der Waals surface area contributed by atoms with Crippen molar-refractivity contribution in [1.29, 1.82) is 0 Å². The zero-order chi connectivity index (χ0) is 13.6. The zero-order valence-electron chi connectivity index (χ0n) is 11.3. The van der Waals surface area contributed by atoms with Crippen LogP contribution in [0.1, 0.15) is 32.5 Å². The molecule has 3 rings (SSSR count). The number of hydrogen-bond acceptors (Lipinski definition) is 1. The molecule has 0 radical (unpaired) electrons. The average molecular weight is 297 g/mol. The van der Waals surface area contributed by atoms with Gasteiger partial charge >= 0.3 is 0 Å². The van der Waals surface area contributed by atoms with Crippen LogP contribution >= 0.6 is 23.2 Å². The Morgan fingerprint density at radius 1 is 1.37 bits per heavy atom. The summed E-state index contributed by atoms with van der Waals surface area (Å²) in [4.78, 5) is 4.61. The predicted molar refractivity (Wildman–Crippen MR) is 80.8 cm³/mol. The van der Waals surface area contributed by atoms with Gasteiger partial charge in [0.05, 0.1) is 16.9 Å². The van der Waals surface area contributed by atoms with Gasteiger partial charge in [-0.1, -0.05) is 25.4 Å². The number of fused-ring (bicyclic) bond motifs is 1. The monoisotopic (exact) mass is 296 g/mol. The number of benzene rings is 1. The molecule has 1 saturated carbocycles. The van der Waals surface area contributed by atoms with Crippen LogP contribution in [0.25, 0.3) is 11.0 Å². The van der Waals surface area contributed by atoms with Crippen molar-refractivity contribution < 1.29 is 0 Å². The Hall–Kier alpha value is -0.730. The minimum atomic E-state index is 0.439. The molecule has 102 valence electrons. The lowest BCUT2D eigenvalue weighted by Crippen LogP contribution is -2.19. The number of halogens is 2. The Balaban J connectivity index is 2.06. The molecule has 4 heteroatoms. The summed E-state index contributed by atoms with van der Waals surface area (Å²) < 4.78 is 2.28. The van der Waals surface area contributed by atoms with Gasteiger partial charge in [0.1, 0.15) is 5.82 Å². The van der Waals surface area contributed by atoms with Crippen molar-refractivity contribution >= 4 is 34.2 Å². The lowest BCUT2D eigenvalue weighted by molar-refractivity contribution is 0.309. The van der Waals surface area contributed by atoms with E-state index in [1.54, 1.807) is 0 Å². The number of imidazole rings is 1. The number of aromatic nitrogens is 2. The molecule has 0 spiro atoms. The second-order valence-corrected chi connectivity index (χ2v) is 6.60. The Bertz CT molecular complexity index is 612. The van der Waals surface area contributed by atoms with Gasteiger partial charge in [0.15, 0.2) is 0 Å². The summed E-state index contributed by atoms with van der Waals surface area (Å²) in [5.41, 5.74) is 2.53. The quantitative estimate of drug-likeness (QED) is 0.736. The first-order chi connectivity index (χ1) is 9.05. The molecule has 1 heterocycles. The summed E-state index contributed by atoms with van der Waals surface area (Å²) in [5, 5.41) is 0.725. The smallest absolute Gasteiger partial charge is 0.124 e. The van der Waals surface area contributed by atoms with Crippen LogP contribution in [0.5, 0.6) is 0 Å². The number of alkyl halides is 1. The van der Waals surface area contributed by atoms with E-state index in [2.05, 4.69) is 29.5 Å². The number of nitrogens with zero attached hydrogens (tertiary/aromatic N) is 2. The molecule has 0 amide bonds. The molecule has 0 aliphatic heterocycles. The first-order valence-electron chi connectivity index (χ1n) is 6.76. The van der Waals surface area contributed by atoms with Gasteiger partial charge in [-0.3, -0.25) is 0 Å². The molecular formula is C15H18Cl2N2. The Kier molecular flexibility index (Phi) is 3.26. The highest BCUT2D eigenvalue weighted by Crippen LogP contribution is 2.53. The van der Waals surface area contributed by atoms with E-state index < -0.39 is 0 Å². The van der Waals surface area contributed by atoms with Crippen molar-refractivity contribution in [2.75, 3.05) is 0 Å². The van der Waals surface area contributed by atoms with Crippen molar-refractivity contribution in [3.8, 4) is 0 Å². The number of rotatable bonds is 4. The SMILES string of the molecule is CC(C)C1(Cn2c(CCl)nc3cc(Cl)ccc32)CC1. The molecular weight excluding hydrogens is 279 g/mol. The van der Waals surface area contributed by atoms with Gasteiger partial charge in [0.25, 0.3) is 0 Å². The van der Waals surface area contributed by atoms with Crippen LogP contribution in [0.3, 0.4) is 0 Å². The summed E-state index contributed by atoms with van der Waals surface area (Å²) in [7, 11) is 0. The van der Waals surface area contributed by atoms with Crippen molar-refractivity contribution in [3.63, 3.8) is 0 Å².